The van der Waals surface area contributed by atoms with Crippen molar-refractivity contribution in [1.29, 1.82) is 0 Å². The van der Waals surface area contributed by atoms with Crippen LogP contribution in [0.1, 0.15) is 47.5 Å². The second kappa shape index (κ2) is 9.14. The van der Waals surface area contributed by atoms with Gasteiger partial charge in [0.1, 0.15) is 5.60 Å². The SMILES string of the molecule is CSC(CO)C(C)NC(C)C1CCCN(C(=O)OC(C)(C)C)C1. The Hall–Kier alpha value is -0.460. The van der Waals surface area contributed by atoms with Crippen molar-refractivity contribution in [3.63, 3.8) is 0 Å². The van der Waals surface area contributed by atoms with Crippen molar-refractivity contribution in [2.75, 3.05) is 26.0 Å². The minimum absolute atomic E-state index is 0.177. The van der Waals surface area contributed by atoms with Crippen molar-refractivity contribution >= 4 is 17.9 Å². The predicted octanol–water partition coefficient (Wildman–Crippen LogP) is 2.72. The average Bonchev–Trinajstić information content (AvgIpc) is 2.46. The van der Waals surface area contributed by atoms with Crippen molar-refractivity contribution in [2.45, 2.75) is 70.4 Å². The molecule has 1 rings (SSSR count). The molecule has 0 spiro atoms. The molecule has 4 unspecified atom stereocenters. The first-order valence-corrected chi connectivity index (χ1v) is 9.84. The molecule has 0 saturated carbocycles. The van der Waals surface area contributed by atoms with Crippen LogP contribution in [0.25, 0.3) is 0 Å². The van der Waals surface area contributed by atoms with E-state index in [-0.39, 0.29) is 24.0 Å². The van der Waals surface area contributed by atoms with Gasteiger partial charge in [-0.3, -0.25) is 0 Å². The van der Waals surface area contributed by atoms with Gasteiger partial charge >= 0.3 is 6.09 Å². The third-order valence-electron chi connectivity index (χ3n) is 4.38. The molecule has 0 bridgehead atoms. The molecule has 1 aliphatic rings. The molecule has 1 amide bonds. The third kappa shape index (κ3) is 6.89. The first-order valence-electron chi connectivity index (χ1n) is 8.55. The summed E-state index contributed by atoms with van der Waals surface area (Å²) in [6, 6.07) is 0.540. The lowest BCUT2D eigenvalue weighted by atomic mass is 9.91. The summed E-state index contributed by atoms with van der Waals surface area (Å²) < 4.78 is 5.49. The van der Waals surface area contributed by atoms with E-state index in [2.05, 4.69) is 19.2 Å². The van der Waals surface area contributed by atoms with Crippen LogP contribution < -0.4 is 5.32 Å². The molecule has 23 heavy (non-hydrogen) atoms. The fourth-order valence-electron chi connectivity index (χ4n) is 3.01. The molecule has 0 aromatic rings. The van der Waals surface area contributed by atoms with E-state index < -0.39 is 5.60 Å². The summed E-state index contributed by atoms with van der Waals surface area (Å²) in [6.07, 6.45) is 3.94. The van der Waals surface area contributed by atoms with Gasteiger partial charge < -0.3 is 20.1 Å². The van der Waals surface area contributed by atoms with Crippen molar-refractivity contribution in [2.24, 2.45) is 5.92 Å². The predicted molar refractivity (Wildman–Crippen MR) is 97.0 cm³/mol. The number of amides is 1. The highest BCUT2D eigenvalue weighted by atomic mass is 32.2. The lowest BCUT2D eigenvalue weighted by Crippen LogP contribution is -2.51. The number of hydrogen-bond acceptors (Lipinski definition) is 5. The Morgan fingerprint density at radius 2 is 2.09 bits per heavy atom. The molecule has 136 valence electrons. The van der Waals surface area contributed by atoms with Crippen molar-refractivity contribution < 1.29 is 14.6 Å². The number of nitrogens with zero attached hydrogens (tertiary/aromatic N) is 1. The fraction of sp³-hybridized carbons (Fsp3) is 0.941. The quantitative estimate of drug-likeness (QED) is 0.774. The number of likely N-dealkylation sites (tertiary alicyclic amines) is 1. The number of carbonyl (C=O) groups is 1. The fourth-order valence-corrected chi connectivity index (χ4v) is 3.64. The number of piperidine rings is 1. The van der Waals surface area contributed by atoms with E-state index in [1.807, 2.05) is 31.9 Å². The van der Waals surface area contributed by atoms with Crippen LogP contribution in [0.2, 0.25) is 0 Å². The van der Waals surface area contributed by atoms with E-state index in [1.54, 1.807) is 11.8 Å². The van der Waals surface area contributed by atoms with Gasteiger partial charge in [-0.1, -0.05) is 0 Å². The van der Waals surface area contributed by atoms with E-state index >= 15 is 0 Å². The number of carbonyl (C=O) groups excluding carboxylic acids is 1. The molecule has 6 heteroatoms. The molecule has 0 aromatic heterocycles. The number of aliphatic hydroxyl groups is 1. The Morgan fingerprint density at radius 1 is 1.43 bits per heavy atom. The number of aliphatic hydroxyl groups excluding tert-OH is 1. The minimum atomic E-state index is -0.449. The topological polar surface area (TPSA) is 61.8 Å². The Labute approximate surface area is 145 Å². The first-order chi connectivity index (χ1) is 10.7. The number of hydrogen-bond donors (Lipinski definition) is 2. The van der Waals surface area contributed by atoms with Gasteiger partial charge in [0.05, 0.1) is 6.61 Å². The molecule has 4 atom stereocenters. The third-order valence-corrected chi connectivity index (χ3v) is 5.55. The molecule has 1 fully saturated rings. The number of nitrogens with one attached hydrogen (secondary N) is 1. The van der Waals surface area contributed by atoms with Gasteiger partial charge in [-0.25, -0.2) is 4.79 Å². The molecule has 1 aliphatic heterocycles. The Kier molecular flexibility index (Phi) is 8.18. The molecule has 1 saturated heterocycles. The van der Waals surface area contributed by atoms with E-state index in [9.17, 15) is 9.90 Å². The van der Waals surface area contributed by atoms with Crippen LogP contribution >= 0.6 is 11.8 Å². The summed E-state index contributed by atoms with van der Waals surface area (Å²) in [4.78, 5) is 14.1. The minimum Gasteiger partial charge on any atom is -0.444 e. The lowest BCUT2D eigenvalue weighted by molar-refractivity contribution is 0.0146. The van der Waals surface area contributed by atoms with E-state index in [0.717, 1.165) is 25.9 Å². The Balaban J connectivity index is 2.55. The molecule has 5 nitrogen and oxygen atoms in total. The molecule has 0 aliphatic carbocycles. The molecule has 0 aromatic carbocycles. The second-order valence-corrected chi connectivity index (χ2v) is 8.61. The highest BCUT2D eigenvalue weighted by Crippen LogP contribution is 2.23. The standard InChI is InChI=1S/C17H34N2O3S/c1-12(18-13(2)15(11-20)23-6)14-8-7-9-19(10-14)16(21)22-17(3,4)5/h12-15,18,20H,7-11H2,1-6H3. The zero-order chi connectivity index (χ0) is 17.6. The van der Waals surface area contributed by atoms with Crippen LogP contribution in [-0.2, 0) is 4.74 Å². The van der Waals surface area contributed by atoms with Gasteiger partial charge in [0.2, 0.25) is 0 Å². The van der Waals surface area contributed by atoms with Crippen molar-refractivity contribution in [3.8, 4) is 0 Å². The second-order valence-electron chi connectivity index (χ2n) is 7.53. The normalized spacial score (nSPS) is 23.3. The summed E-state index contributed by atoms with van der Waals surface area (Å²) in [7, 11) is 0. The summed E-state index contributed by atoms with van der Waals surface area (Å²) in [5.41, 5.74) is -0.449. The smallest absolute Gasteiger partial charge is 0.410 e. The first kappa shape index (κ1) is 20.6. The van der Waals surface area contributed by atoms with Crippen LogP contribution in [0.4, 0.5) is 4.79 Å². The lowest BCUT2D eigenvalue weighted by Gasteiger charge is -2.38. The number of rotatable bonds is 6. The monoisotopic (exact) mass is 346 g/mol. The van der Waals surface area contributed by atoms with Crippen molar-refractivity contribution in [1.82, 2.24) is 10.2 Å². The van der Waals surface area contributed by atoms with Crippen LogP contribution in [-0.4, -0.2) is 65.0 Å². The largest absolute Gasteiger partial charge is 0.444 e. The van der Waals surface area contributed by atoms with Crippen LogP contribution in [0, 0.1) is 5.92 Å². The zero-order valence-electron chi connectivity index (χ0n) is 15.5. The summed E-state index contributed by atoms with van der Waals surface area (Å²) in [5.74, 6) is 0.417. The maximum atomic E-state index is 12.3. The average molecular weight is 347 g/mol. The highest BCUT2D eigenvalue weighted by Gasteiger charge is 2.31. The van der Waals surface area contributed by atoms with E-state index in [0.29, 0.717) is 12.0 Å². The number of ether oxygens (including phenoxy) is 1. The molecule has 0 radical (unpaired) electrons. The maximum Gasteiger partial charge on any atom is 0.410 e. The van der Waals surface area contributed by atoms with Gasteiger partial charge in [-0.2, -0.15) is 11.8 Å². The maximum absolute atomic E-state index is 12.3. The molecular formula is C17H34N2O3S. The van der Waals surface area contributed by atoms with Gasteiger partial charge in [0.25, 0.3) is 0 Å². The Bertz CT molecular complexity index is 369. The zero-order valence-corrected chi connectivity index (χ0v) is 16.3. The van der Waals surface area contributed by atoms with Gasteiger partial charge in [-0.05, 0) is 59.6 Å². The van der Waals surface area contributed by atoms with Gasteiger partial charge in [0.15, 0.2) is 0 Å². The highest BCUT2D eigenvalue weighted by molar-refractivity contribution is 7.99. The van der Waals surface area contributed by atoms with Gasteiger partial charge in [0, 0.05) is 30.4 Å². The Morgan fingerprint density at radius 3 is 2.61 bits per heavy atom. The molecular weight excluding hydrogens is 312 g/mol. The molecule has 1 heterocycles. The van der Waals surface area contributed by atoms with Crippen LogP contribution in [0.5, 0.6) is 0 Å². The summed E-state index contributed by atoms with van der Waals surface area (Å²) in [6.45, 7) is 11.7. The van der Waals surface area contributed by atoms with E-state index in [1.165, 1.54) is 0 Å². The van der Waals surface area contributed by atoms with Crippen LogP contribution in [0.3, 0.4) is 0 Å². The van der Waals surface area contributed by atoms with Gasteiger partial charge in [-0.15, -0.1) is 0 Å². The summed E-state index contributed by atoms with van der Waals surface area (Å²) in [5, 5.41) is 13.2. The summed E-state index contributed by atoms with van der Waals surface area (Å²) >= 11 is 1.68. The van der Waals surface area contributed by atoms with E-state index in [4.69, 9.17) is 4.74 Å². The van der Waals surface area contributed by atoms with Crippen molar-refractivity contribution in [3.05, 3.63) is 0 Å². The van der Waals surface area contributed by atoms with Crippen LogP contribution in [0.15, 0.2) is 0 Å². The number of thioether (sulfide) groups is 1. The molecule has 2 N–H and O–H groups in total.